The summed E-state index contributed by atoms with van der Waals surface area (Å²) >= 11 is 5.38. The molecule has 0 unspecified atom stereocenters. The van der Waals surface area contributed by atoms with E-state index in [1.807, 2.05) is 61.7 Å². The lowest BCUT2D eigenvalue weighted by atomic mass is 10.1. The van der Waals surface area contributed by atoms with Gasteiger partial charge in [0.2, 0.25) is 5.91 Å². The molecular formula is C23H26N4O3S. The molecule has 4 rings (SSSR count). The summed E-state index contributed by atoms with van der Waals surface area (Å²) in [6, 6.07) is 11.8. The van der Waals surface area contributed by atoms with E-state index in [0.29, 0.717) is 35.2 Å². The lowest BCUT2D eigenvalue weighted by Gasteiger charge is -2.14. The SMILES string of the molecule is CCOc1cc2c(cc1NC(=O)CCn1c(-c3ccc(C)cc3)n[nH]c1=S)O[C@@H](C)C2. The Morgan fingerprint density at radius 2 is 2.13 bits per heavy atom. The second-order valence-corrected chi connectivity index (χ2v) is 8.08. The molecule has 8 heteroatoms. The molecule has 0 fully saturated rings. The van der Waals surface area contributed by atoms with Gasteiger partial charge in [-0.2, -0.15) is 5.10 Å². The molecule has 0 aliphatic carbocycles. The van der Waals surface area contributed by atoms with Crippen molar-refractivity contribution in [3.05, 3.63) is 52.3 Å². The summed E-state index contributed by atoms with van der Waals surface area (Å²) in [4.78, 5) is 12.7. The molecule has 7 nitrogen and oxygen atoms in total. The zero-order valence-electron chi connectivity index (χ0n) is 17.9. The molecule has 2 N–H and O–H groups in total. The van der Waals surface area contributed by atoms with Gasteiger partial charge in [-0.3, -0.25) is 14.5 Å². The van der Waals surface area contributed by atoms with E-state index in [1.165, 1.54) is 5.56 Å². The van der Waals surface area contributed by atoms with Gasteiger partial charge in [-0.25, -0.2) is 0 Å². The number of aromatic nitrogens is 3. The number of nitrogens with one attached hydrogen (secondary N) is 2. The van der Waals surface area contributed by atoms with Gasteiger partial charge in [0.15, 0.2) is 10.6 Å². The summed E-state index contributed by atoms with van der Waals surface area (Å²) in [7, 11) is 0. The van der Waals surface area contributed by atoms with Gasteiger partial charge in [0.1, 0.15) is 17.6 Å². The van der Waals surface area contributed by atoms with Crippen molar-refractivity contribution in [3.8, 4) is 22.9 Å². The number of rotatable bonds is 7. The van der Waals surface area contributed by atoms with E-state index < -0.39 is 0 Å². The van der Waals surface area contributed by atoms with Gasteiger partial charge in [-0.05, 0) is 39.1 Å². The first-order valence-corrected chi connectivity index (χ1v) is 10.8. The maximum atomic E-state index is 12.7. The summed E-state index contributed by atoms with van der Waals surface area (Å²) in [5.41, 5.74) is 3.83. The van der Waals surface area contributed by atoms with Crippen LogP contribution in [0.5, 0.6) is 11.5 Å². The number of hydrogen-bond acceptors (Lipinski definition) is 5. The lowest BCUT2D eigenvalue weighted by Crippen LogP contribution is -2.16. The summed E-state index contributed by atoms with van der Waals surface area (Å²) in [6.07, 6.45) is 1.20. The Kier molecular flexibility index (Phi) is 6.08. The molecule has 3 aromatic rings. The van der Waals surface area contributed by atoms with Crippen LogP contribution in [0.2, 0.25) is 0 Å². The van der Waals surface area contributed by atoms with Crippen LogP contribution < -0.4 is 14.8 Å². The molecular weight excluding hydrogens is 412 g/mol. The zero-order valence-corrected chi connectivity index (χ0v) is 18.7. The minimum absolute atomic E-state index is 0.124. The highest BCUT2D eigenvalue weighted by Gasteiger charge is 2.22. The molecule has 0 bridgehead atoms. The van der Waals surface area contributed by atoms with Crippen LogP contribution in [0, 0.1) is 11.7 Å². The number of anilines is 1. The summed E-state index contributed by atoms with van der Waals surface area (Å²) in [6.45, 7) is 6.91. The first-order valence-electron chi connectivity index (χ1n) is 10.4. The van der Waals surface area contributed by atoms with Gasteiger partial charge < -0.3 is 14.8 Å². The van der Waals surface area contributed by atoms with Crippen molar-refractivity contribution in [1.82, 2.24) is 14.8 Å². The third kappa shape index (κ3) is 4.64. The van der Waals surface area contributed by atoms with Gasteiger partial charge >= 0.3 is 0 Å². The molecule has 1 aliphatic rings. The Hall–Kier alpha value is -3.13. The van der Waals surface area contributed by atoms with Crippen molar-refractivity contribution in [2.75, 3.05) is 11.9 Å². The normalized spacial score (nSPS) is 14.7. The van der Waals surface area contributed by atoms with Crippen molar-refractivity contribution < 1.29 is 14.3 Å². The molecule has 1 amide bonds. The Bertz CT molecular complexity index is 1150. The average molecular weight is 439 g/mol. The number of H-pyrrole nitrogens is 1. The molecule has 0 saturated heterocycles. The van der Waals surface area contributed by atoms with Crippen molar-refractivity contribution in [2.45, 2.75) is 46.3 Å². The van der Waals surface area contributed by atoms with Crippen molar-refractivity contribution in [1.29, 1.82) is 0 Å². The van der Waals surface area contributed by atoms with E-state index in [0.717, 1.165) is 23.3 Å². The fraction of sp³-hybridized carbons (Fsp3) is 0.348. The van der Waals surface area contributed by atoms with E-state index in [9.17, 15) is 4.79 Å². The number of fused-ring (bicyclic) bond motifs is 1. The van der Waals surface area contributed by atoms with E-state index in [2.05, 4.69) is 15.5 Å². The molecule has 2 heterocycles. The van der Waals surface area contributed by atoms with Gasteiger partial charge in [0.05, 0.1) is 12.3 Å². The van der Waals surface area contributed by atoms with Crippen LogP contribution in [0.4, 0.5) is 5.69 Å². The monoisotopic (exact) mass is 438 g/mol. The number of carbonyl (C=O) groups excluding carboxylic acids is 1. The quantitative estimate of drug-likeness (QED) is 0.524. The number of aryl methyl sites for hydroxylation is 1. The van der Waals surface area contributed by atoms with E-state index in [4.69, 9.17) is 21.7 Å². The number of nitrogens with zero attached hydrogens (tertiary/aromatic N) is 2. The van der Waals surface area contributed by atoms with Crippen LogP contribution in [0.25, 0.3) is 11.4 Å². The molecule has 1 aromatic heterocycles. The van der Waals surface area contributed by atoms with E-state index in [-0.39, 0.29) is 18.4 Å². The third-order valence-electron chi connectivity index (χ3n) is 5.20. The van der Waals surface area contributed by atoms with Gasteiger partial charge in [0.25, 0.3) is 0 Å². The lowest BCUT2D eigenvalue weighted by molar-refractivity contribution is -0.116. The maximum Gasteiger partial charge on any atom is 0.226 e. The smallest absolute Gasteiger partial charge is 0.226 e. The van der Waals surface area contributed by atoms with Crippen LogP contribution in [0.3, 0.4) is 0 Å². The van der Waals surface area contributed by atoms with Crippen molar-refractivity contribution in [3.63, 3.8) is 0 Å². The van der Waals surface area contributed by atoms with Crippen molar-refractivity contribution >= 4 is 23.8 Å². The molecule has 0 radical (unpaired) electrons. The molecule has 0 spiro atoms. The summed E-state index contributed by atoms with van der Waals surface area (Å²) in [5, 5.41) is 10.1. The first kappa shape index (κ1) is 21.1. The van der Waals surface area contributed by atoms with Gasteiger partial charge in [-0.15, -0.1) is 0 Å². The Morgan fingerprint density at radius 3 is 2.87 bits per heavy atom. The predicted octanol–water partition coefficient (Wildman–Crippen LogP) is 4.67. The Morgan fingerprint density at radius 1 is 1.35 bits per heavy atom. The molecule has 31 heavy (non-hydrogen) atoms. The van der Waals surface area contributed by atoms with Crippen LogP contribution in [0.1, 0.15) is 31.4 Å². The topological polar surface area (TPSA) is 81.2 Å². The van der Waals surface area contributed by atoms with E-state index >= 15 is 0 Å². The Balaban J connectivity index is 1.49. The summed E-state index contributed by atoms with van der Waals surface area (Å²) < 4.78 is 13.9. The fourth-order valence-electron chi connectivity index (χ4n) is 3.69. The largest absolute Gasteiger partial charge is 0.492 e. The highest BCUT2D eigenvalue weighted by atomic mass is 32.1. The first-order chi connectivity index (χ1) is 14.9. The number of hydrogen-bond donors (Lipinski definition) is 2. The Labute approximate surface area is 186 Å². The zero-order chi connectivity index (χ0) is 22.0. The fourth-order valence-corrected chi connectivity index (χ4v) is 3.91. The second kappa shape index (κ2) is 8.93. The molecule has 1 atom stereocenters. The number of aromatic amines is 1. The van der Waals surface area contributed by atoms with Gasteiger partial charge in [0, 0.05) is 36.6 Å². The van der Waals surface area contributed by atoms with Crippen LogP contribution in [-0.4, -0.2) is 33.4 Å². The highest BCUT2D eigenvalue weighted by Crippen LogP contribution is 2.38. The van der Waals surface area contributed by atoms with Crippen molar-refractivity contribution in [2.24, 2.45) is 0 Å². The number of carbonyl (C=O) groups is 1. The minimum Gasteiger partial charge on any atom is -0.492 e. The molecule has 2 aromatic carbocycles. The molecule has 0 saturated carbocycles. The molecule has 1 aliphatic heterocycles. The number of ether oxygens (including phenoxy) is 2. The number of amides is 1. The standard InChI is InChI=1S/C23H26N4O3S/c1-4-29-20-12-17-11-15(3)30-19(17)13-18(20)24-21(28)9-10-27-22(25-26-23(27)31)16-7-5-14(2)6-8-16/h5-8,12-13,15H,4,9-11H2,1-3H3,(H,24,28)(H,26,31)/t15-/m0/s1. The third-order valence-corrected chi connectivity index (χ3v) is 5.51. The minimum atomic E-state index is -0.134. The maximum absolute atomic E-state index is 12.7. The second-order valence-electron chi connectivity index (χ2n) is 7.69. The predicted molar refractivity (Wildman–Crippen MR) is 122 cm³/mol. The highest BCUT2D eigenvalue weighted by molar-refractivity contribution is 7.71. The van der Waals surface area contributed by atoms with Crippen LogP contribution >= 0.6 is 12.2 Å². The van der Waals surface area contributed by atoms with Gasteiger partial charge in [-0.1, -0.05) is 29.8 Å². The van der Waals surface area contributed by atoms with Crippen LogP contribution in [0.15, 0.2) is 36.4 Å². The number of benzene rings is 2. The summed E-state index contributed by atoms with van der Waals surface area (Å²) in [5.74, 6) is 2.04. The van der Waals surface area contributed by atoms with E-state index in [1.54, 1.807) is 0 Å². The average Bonchev–Trinajstić information content (AvgIpc) is 3.28. The molecule has 162 valence electrons. The van der Waals surface area contributed by atoms with Crippen LogP contribution in [-0.2, 0) is 17.8 Å².